The number of aliphatic hydroxyl groups is 2. The van der Waals surface area contributed by atoms with Gasteiger partial charge in [0, 0.05) is 0 Å². The molecule has 17 nitrogen and oxygen atoms in total. The van der Waals surface area contributed by atoms with E-state index in [-0.39, 0.29) is 98.1 Å². The molecule has 0 spiro atoms. The molecule has 8 N–H and O–H groups in total. The van der Waals surface area contributed by atoms with Gasteiger partial charge in [-0.15, -0.1) is 0 Å². The van der Waals surface area contributed by atoms with Gasteiger partial charge in [-0.25, -0.2) is 28.4 Å². The summed E-state index contributed by atoms with van der Waals surface area (Å²) >= 11 is 4.48. The van der Waals surface area contributed by atoms with Crippen molar-refractivity contribution in [1.29, 1.82) is 0 Å². The molecular formula is C10H20Li4N5O12P3S. The van der Waals surface area contributed by atoms with Crippen molar-refractivity contribution in [2.24, 2.45) is 0 Å². The molecule has 1 aliphatic rings. The Morgan fingerprint density at radius 1 is 1.06 bits per heavy atom. The number of imidazole rings is 1. The summed E-state index contributed by atoms with van der Waals surface area (Å²) in [5.41, 5.74) is 6.10. The Balaban J connectivity index is -0.000000340. The molecule has 35 heavy (non-hydrogen) atoms. The number of rotatable bonds is 8. The smallest absolute Gasteiger partial charge is 1.00 e. The van der Waals surface area contributed by atoms with Crippen molar-refractivity contribution >= 4 is 51.2 Å². The summed E-state index contributed by atoms with van der Waals surface area (Å²) < 4.78 is 41.3. The summed E-state index contributed by atoms with van der Waals surface area (Å²) in [4.78, 5) is 48.0. The van der Waals surface area contributed by atoms with Crippen molar-refractivity contribution in [2.45, 2.75) is 24.5 Å². The molecule has 3 heterocycles. The Kier molecular flexibility index (Phi) is 16.2. The van der Waals surface area contributed by atoms with Gasteiger partial charge in [-0.05, 0) is 11.8 Å². The van der Waals surface area contributed by atoms with E-state index in [1.54, 1.807) is 0 Å². The molecule has 2 unspecified atom stereocenters. The van der Waals surface area contributed by atoms with Crippen LogP contribution in [-0.4, -0.2) is 74.2 Å². The number of aromatic nitrogens is 4. The Morgan fingerprint density at radius 3 is 2.23 bits per heavy atom. The fourth-order valence-electron chi connectivity index (χ4n) is 2.62. The van der Waals surface area contributed by atoms with Crippen molar-refractivity contribution in [1.82, 2.24) is 19.5 Å². The van der Waals surface area contributed by atoms with Crippen LogP contribution >= 0.6 is 22.4 Å². The second-order valence-corrected chi connectivity index (χ2v) is 11.8. The summed E-state index contributed by atoms with van der Waals surface area (Å²) in [5, 5.41) is 20.5. The molecule has 6 atom stereocenters. The molecule has 0 aliphatic carbocycles. The van der Waals surface area contributed by atoms with E-state index < -0.39 is 53.5 Å². The third kappa shape index (κ3) is 10.2. The number of aliphatic hydroxyl groups excluding tert-OH is 2. The molecule has 0 radical (unpaired) electrons. The minimum absolute atomic E-state index is 0. The number of ether oxygens (including phenoxy) is 1. The van der Waals surface area contributed by atoms with E-state index in [4.69, 9.17) is 24.8 Å². The molecule has 3 rings (SSSR count). The van der Waals surface area contributed by atoms with Crippen LogP contribution in [0.2, 0.25) is 0 Å². The molecule has 182 valence electrons. The maximum atomic E-state index is 11.5. The third-order valence-electron chi connectivity index (χ3n) is 3.82. The van der Waals surface area contributed by atoms with Crippen molar-refractivity contribution in [3.05, 3.63) is 12.7 Å². The molecule has 0 bridgehead atoms. The zero-order valence-electron chi connectivity index (χ0n) is 22.9. The normalized spacial score (nSPS) is 25.2. The number of nitrogen functional groups attached to an aromatic ring is 1. The van der Waals surface area contributed by atoms with Crippen LogP contribution in [0.4, 0.5) is 5.82 Å². The van der Waals surface area contributed by atoms with Gasteiger partial charge in [0.25, 0.3) is 0 Å². The van der Waals surface area contributed by atoms with E-state index in [0.29, 0.717) is 0 Å². The van der Waals surface area contributed by atoms with E-state index in [9.17, 15) is 29.1 Å². The van der Waals surface area contributed by atoms with E-state index in [1.807, 2.05) is 0 Å². The van der Waals surface area contributed by atoms with Crippen LogP contribution in [0.3, 0.4) is 0 Å². The van der Waals surface area contributed by atoms with Crippen LogP contribution in [-0.2, 0) is 38.8 Å². The number of fused-ring (bicyclic) bond motifs is 1. The van der Waals surface area contributed by atoms with Crippen LogP contribution in [0.25, 0.3) is 11.2 Å². The van der Waals surface area contributed by atoms with Gasteiger partial charge in [0.15, 0.2) is 17.7 Å². The molecule has 0 amide bonds. The van der Waals surface area contributed by atoms with Crippen LogP contribution < -0.4 is 81.2 Å². The van der Waals surface area contributed by atoms with E-state index in [0.717, 1.165) is 6.33 Å². The summed E-state index contributed by atoms with van der Waals surface area (Å²) in [7, 11) is -10.9. The number of anilines is 1. The van der Waals surface area contributed by atoms with Gasteiger partial charge in [-0.1, -0.05) is 0 Å². The Labute approximate surface area is 256 Å². The molecule has 1 fully saturated rings. The van der Waals surface area contributed by atoms with Crippen LogP contribution in [0.15, 0.2) is 12.7 Å². The van der Waals surface area contributed by atoms with E-state index in [1.165, 1.54) is 10.9 Å². The quantitative estimate of drug-likeness (QED) is 0.118. The van der Waals surface area contributed by atoms with Crippen molar-refractivity contribution in [3.8, 4) is 0 Å². The second kappa shape index (κ2) is 14.7. The molecule has 0 aromatic carbocycles. The van der Waals surface area contributed by atoms with Gasteiger partial charge in [0.1, 0.15) is 30.2 Å². The number of nitrogens with zero attached hydrogens (tertiary/aromatic N) is 4. The summed E-state index contributed by atoms with van der Waals surface area (Å²) in [5.74, 6) is 0.0701. The zero-order valence-corrected chi connectivity index (χ0v) is 22.4. The zero-order chi connectivity index (χ0) is 23.2. The first-order valence-electron chi connectivity index (χ1n) is 7.92. The topological polar surface area (TPSA) is 262 Å². The fourth-order valence-corrected chi connectivity index (χ4v) is 6.59. The summed E-state index contributed by atoms with van der Waals surface area (Å²) in [6.07, 6.45) is -3.26. The van der Waals surface area contributed by atoms with Gasteiger partial charge in [0.2, 0.25) is 0 Å². The molecule has 2 aromatic heterocycles. The molecule has 25 heteroatoms. The molecule has 2 aromatic rings. The summed E-state index contributed by atoms with van der Waals surface area (Å²) in [6.45, 7) is -5.35. The Bertz CT molecular complexity index is 1150. The maximum absolute atomic E-state index is 11.5. The molecule has 1 saturated heterocycles. The van der Waals surface area contributed by atoms with Crippen LogP contribution in [0.1, 0.15) is 11.9 Å². The van der Waals surface area contributed by atoms with Gasteiger partial charge in [-0.3, -0.25) is 4.57 Å². The average molecular weight is 555 g/mol. The minimum atomic E-state index is -5.49. The van der Waals surface area contributed by atoms with Gasteiger partial charge in [-0.2, -0.15) is 4.31 Å². The first-order chi connectivity index (χ1) is 14.2. The number of hydrogen-bond donors (Lipinski definition) is 7. The fraction of sp³-hybridized carbons (Fsp3) is 0.500. The number of hydrogen-bond acceptors (Lipinski definition) is 13. The molecular weight excluding hydrogens is 535 g/mol. The SMILES string of the molecule is Nc1ncnc2c1ncn2[C@@H]1O[C@H](COP(O)(=S)OP(=O)(O)OP(=O)(O)O)[C@@H](O)[C@H]1O.[H-].[H-].[H-].[H-].[Li+].[Li+].[Li+].[Li+]. The first kappa shape index (κ1) is 38.6. The average Bonchev–Trinajstić information content (AvgIpc) is 3.13. The first-order valence-corrected chi connectivity index (χ1v) is 13.5. The molecule has 1 aliphatic heterocycles. The summed E-state index contributed by atoms with van der Waals surface area (Å²) in [6, 6.07) is 0. The van der Waals surface area contributed by atoms with E-state index >= 15 is 0 Å². The largest absolute Gasteiger partial charge is 1.00 e. The van der Waals surface area contributed by atoms with Crippen molar-refractivity contribution in [3.63, 3.8) is 0 Å². The van der Waals surface area contributed by atoms with E-state index in [2.05, 4.69) is 35.4 Å². The second-order valence-electron chi connectivity index (χ2n) is 6.02. The minimum Gasteiger partial charge on any atom is -1.00 e. The van der Waals surface area contributed by atoms with Gasteiger partial charge >= 0.3 is 97.8 Å². The Morgan fingerprint density at radius 2 is 1.66 bits per heavy atom. The predicted octanol–water partition coefficient (Wildman–Crippen LogP) is -13.0. The molecule has 0 saturated carbocycles. The van der Waals surface area contributed by atoms with Crippen molar-refractivity contribution < 1.29 is 138 Å². The number of phosphoric acid groups is 2. The van der Waals surface area contributed by atoms with Gasteiger partial charge in [0.05, 0.1) is 12.9 Å². The van der Waals surface area contributed by atoms with Crippen LogP contribution in [0, 0.1) is 0 Å². The number of nitrogens with two attached hydrogens (primary N) is 1. The standard InChI is InChI=1S/C10H16N5O12P3S.4Li.4H/c11-8-5-9(13-2-12-8)15(3-14-5)10-7(17)6(16)4(25-10)1-24-30(23,31)27-29(21,22)26-28(18,19)20;;;;;;;;/h2-4,6-7,10,16-17H,1H2,(H,21,22)(H,23,31)(H2,11,12,13)(H2,18,19,20);;;;;;;;/q;4*+1;4*-1/t4-,6-,7-,10-,30?;;;;;;;;/m1......../s1. The third-order valence-corrected chi connectivity index (χ3v) is 8.54. The predicted molar refractivity (Wildman–Crippen MR) is 107 cm³/mol. The Hall–Kier alpha value is 1.45. The maximum Gasteiger partial charge on any atom is 1.00 e. The monoisotopic (exact) mass is 555 g/mol. The van der Waals surface area contributed by atoms with Gasteiger partial charge < -0.3 is 50.5 Å². The van der Waals surface area contributed by atoms with Crippen molar-refractivity contribution in [2.75, 3.05) is 12.3 Å². The van der Waals surface area contributed by atoms with Crippen LogP contribution in [0.5, 0.6) is 0 Å².